The summed E-state index contributed by atoms with van der Waals surface area (Å²) in [6.45, 7) is 1.89. The number of rotatable bonds is 3. The van der Waals surface area contributed by atoms with Crippen molar-refractivity contribution < 1.29 is 4.79 Å². The number of hydrogen-bond acceptors (Lipinski definition) is 4. The molecule has 0 radical (unpaired) electrons. The van der Waals surface area contributed by atoms with Gasteiger partial charge in [-0.3, -0.25) is 9.78 Å². The molecule has 5 nitrogen and oxygen atoms in total. The molecule has 6 heteroatoms. The summed E-state index contributed by atoms with van der Waals surface area (Å²) < 4.78 is 0. The minimum Gasteiger partial charge on any atom is -0.384 e. The molecular weight excluding hydrogens is 264 g/mol. The van der Waals surface area contributed by atoms with E-state index in [4.69, 9.17) is 17.3 Å². The van der Waals surface area contributed by atoms with Gasteiger partial charge in [-0.1, -0.05) is 11.6 Å². The molecule has 1 unspecified atom stereocenters. The molecule has 0 spiro atoms. The summed E-state index contributed by atoms with van der Waals surface area (Å²) >= 11 is 5.77. The molecule has 2 rings (SSSR count). The Labute approximate surface area is 115 Å². The summed E-state index contributed by atoms with van der Waals surface area (Å²) in [6.07, 6.45) is 3.36. The van der Waals surface area contributed by atoms with Crippen LogP contribution in [-0.4, -0.2) is 15.9 Å². The Bertz CT molecular complexity index is 568. The van der Waals surface area contributed by atoms with Crippen LogP contribution in [0.25, 0.3) is 0 Å². The maximum Gasteiger partial charge on any atom is 0.251 e. The van der Waals surface area contributed by atoms with E-state index in [-0.39, 0.29) is 22.9 Å². The molecule has 0 aliphatic rings. The van der Waals surface area contributed by atoms with E-state index in [2.05, 4.69) is 15.3 Å². The number of hydrogen-bond donors (Lipinski definition) is 2. The van der Waals surface area contributed by atoms with Crippen molar-refractivity contribution in [2.75, 3.05) is 5.73 Å². The van der Waals surface area contributed by atoms with Crippen molar-refractivity contribution in [3.8, 4) is 0 Å². The second-order valence-corrected chi connectivity index (χ2v) is 4.47. The predicted octanol–water partition coefficient (Wildman–Crippen LogP) is 2.20. The van der Waals surface area contributed by atoms with E-state index >= 15 is 0 Å². The molecule has 3 N–H and O–H groups in total. The smallest absolute Gasteiger partial charge is 0.251 e. The number of nitrogens with zero attached hydrogens (tertiary/aromatic N) is 2. The molecule has 2 heterocycles. The summed E-state index contributed by atoms with van der Waals surface area (Å²) in [5.74, 6) is -0.0328. The predicted molar refractivity (Wildman–Crippen MR) is 73.8 cm³/mol. The molecule has 0 saturated carbocycles. The van der Waals surface area contributed by atoms with Gasteiger partial charge >= 0.3 is 0 Å². The van der Waals surface area contributed by atoms with Crippen LogP contribution in [0, 0.1) is 0 Å². The lowest BCUT2D eigenvalue weighted by molar-refractivity contribution is 0.0940. The third-order valence-electron chi connectivity index (χ3n) is 2.63. The van der Waals surface area contributed by atoms with Gasteiger partial charge < -0.3 is 11.1 Å². The zero-order valence-electron chi connectivity index (χ0n) is 10.3. The van der Waals surface area contributed by atoms with E-state index in [0.717, 1.165) is 5.56 Å². The third-order valence-corrected chi connectivity index (χ3v) is 2.82. The monoisotopic (exact) mass is 276 g/mol. The minimum atomic E-state index is -0.250. The summed E-state index contributed by atoms with van der Waals surface area (Å²) in [5.41, 5.74) is 6.91. The number of pyridine rings is 2. The Morgan fingerprint density at radius 1 is 1.37 bits per heavy atom. The Balaban J connectivity index is 2.13. The number of nitrogens with two attached hydrogens (primary N) is 1. The number of nitrogen functional groups attached to an aromatic ring is 1. The normalized spacial score (nSPS) is 11.9. The second kappa shape index (κ2) is 5.67. The Hall–Kier alpha value is -2.14. The van der Waals surface area contributed by atoms with Crippen molar-refractivity contribution in [2.24, 2.45) is 0 Å². The molecule has 2 aromatic heterocycles. The third kappa shape index (κ3) is 3.42. The first-order chi connectivity index (χ1) is 9.06. The van der Waals surface area contributed by atoms with Gasteiger partial charge in [-0.05, 0) is 36.8 Å². The summed E-state index contributed by atoms with van der Waals surface area (Å²) in [7, 11) is 0. The van der Waals surface area contributed by atoms with Gasteiger partial charge in [0.15, 0.2) is 0 Å². The number of halogens is 1. The fraction of sp³-hybridized carbons (Fsp3) is 0.154. The minimum absolute atomic E-state index is 0.135. The molecule has 0 saturated heterocycles. The molecule has 0 fully saturated rings. The van der Waals surface area contributed by atoms with Crippen molar-refractivity contribution in [1.82, 2.24) is 15.3 Å². The molecule has 98 valence electrons. The van der Waals surface area contributed by atoms with Gasteiger partial charge in [-0.25, -0.2) is 4.98 Å². The lowest BCUT2D eigenvalue weighted by atomic mass is 10.1. The number of anilines is 1. The van der Waals surface area contributed by atoms with Crippen LogP contribution in [-0.2, 0) is 0 Å². The Morgan fingerprint density at radius 3 is 2.68 bits per heavy atom. The lowest BCUT2D eigenvalue weighted by Gasteiger charge is -2.14. The van der Waals surface area contributed by atoms with Crippen LogP contribution in [0.5, 0.6) is 0 Å². The van der Waals surface area contributed by atoms with Gasteiger partial charge in [-0.2, -0.15) is 0 Å². The quantitative estimate of drug-likeness (QED) is 0.842. The fourth-order valence-electron chi connectivity index (χ4n) is 1.66. The molecule has 0 aromatic carbocycles. The summed E-state index contributed by atoms with van der Waals surface area (Å²) in [4.78, 5) is 19.8. The highest BCUT2D eigenvalue weighted by Crippen LogP contribution is 2.15. The highest BCUT2D eigenvalue weighted by Gasteiger charge is 2.12. The molecule has 2 aromatic rings. The first kappa shape index (κ1) is 13.3. The Morgan fingerprint density at radius 2 is 2.05 bits per heavy atom. The molecule has 0 aliphatic heterocycles. The van der Waals surface area contributed by atoms with Crippen LogP contribution in [0.3, 0.4) is 0 Å². The van der Waals surface area contributed by atoms with Gasteiger partial charge in [0.05, 0.1) is 6.04 Å². The number of carbonyl (C=O) groups is 1. The van der Waals surface area contributed by atoms with E-state index in [1.807, 2.05) is 19.1 Å². The summed E-state index contributed by atoms with van der Waals surface area (Å²) in [6, 6.07) is 6.52. The molecule has 0 aliphatic carbocycles. The van der Waals surface area contributed by atoms with E-state index in [9.17, 15) is 4.79 Å². The maximum absolute atomic E-state index is 12.1. The standard InChI is InChI=1S/C13H13ClN4O/c1-8(9-2-4-16-5-3-9)17-13(19)10-6-11(14)18-12(15)7-10/h2-8H,1H3,(H2,15,18)(H,17,19). The van der Waals surface area contributed by atoms with Gasteiger partial charge in [-0.15, -0.1) is 0 Å². The first-order valence-corrected chi connectivity index (χ1v) is 6.08. The average Bonchev–Trinajstić information content (AvgIpc) is 2.38. The van der Waals surface area contributed by atoms with E-state index in [0.29, 0.717) is 5.56 Å². The molecule has 1 amide bonds. The van der Waals surface area contributed by atoms with E-state index < -0.39 is 0 Å². The van der Waals surface area contributed by atoms with Gasteiger partial charge in [0.1, 0.15) is 11.0 Å². The lowest BCUT2D eigenvalue weighted by Crippen LogP contribution is -2.26. The molecule has 19 heavy (non-hydrogen) atoms. The van der Waals surface area contributed by atoms with Crippen LogP contribution in [0.1, 0.15) is 28.9 Å². The van der Waals surface area contributed by atoms with Crippen molar-refractivity contribution in [3.63, 3.8) is 0 Å². The largest absolute Gasteiger partial charge is 0.384 e. The van der Waals surface area contributed by atoms with Gasteiger partial charge in [0.25, 0.3) is 5.91 Å². The van der Waals surface area contributed by atoms with Crippen LogP contribution in [0.15, 0.2) is 36.7 Å². The fourth-order valence-corrected chi connectivity index (χ4v) is 1.88. The van der Waals surface area contributed by atoms with E-state index in [1.165, 1.54) is 12.1 Å². The van der Waals surface area contributed by atoms with Crippen molar-refractivity contribution in [1.29, 1.82) is 0 Å². The molecule has 1 atom stereocenters. The van der Waals surface area contributed by atoms with Crippen LogP contribution < -0.4 is 11.1 Å². The number of amides is 1. The van der Waals surface area contributed by atoms with Crippen LogP contribution in [0.2, 0.25) is 5.15 Å². The highest BCUT2D eigenvalue weighted by atomic mass is 35.5. The highest BCUT2D eigenvalue weighted by molar-refractivity contribution is 6.29. The van der Waals surface area contributed by atoms with Crippen molar-refractivity contribution in [3.05, 3.63) is 52.9 Å². The SMILES string of the molecule is CC(NC(=O)c1cc(N)nc(Cl)c1)c1ccncc1. The van der Waals surface area contributed by atoms with Gasteiger partial charge in [0, 0.05) is 18.0 Å². The van der Waals surface area contributed by atoms with Gasteiger partial charge in [0.2, 0.25) is 0 Å². The van der Waals surface area contributed by atoms with Crippen molar-refractivity contribution >= 4 is 23.3 Å². The maximum atomic E-state index is 12.1. The molecular formula is C13H13ClN4O. The molecule has 0 bridgehead atoms. The first-order valence-electron chi connectivity index (χ1n) is 5.70. The number of nitrogens with one attached hydrogen (secondary N) is 1. The van der Waals surface area contributed by atoms with Crippen LogP contribution >= 0.6 is 11.6 Å². The summed E-state index contributed by atoms with van der Waals surface area (Å²) in [5, 5.41) is 3.05. The van der Waals surface area contributed by atoms with E-state index in [1.54, 1.807) is 12.4 Å². The topological polar surface area (TPSA) is 80.9 Å². The van der Waals surface area contributed by atoms with Crippen LogP contribution in [0.4, 0.5) is 5.82 Å². The Kier molecular flexibility index (Phi) is 3.97. The van der Waals surface area contributed by atoms with Crippen molar-refractivity contribution in [2.45, 2.75) is 13.0 Å². The zero-order chi connectivity index (χ0) is 13.8. The number of aromatic nitrogens is 2. The number of carbonyl (C=O) groups excluding carboxylic acids is 1. The average molecular weight is 277 g/mol. The zero-order valence-corrected chi connectivity index (χ0v) is 11.1. The second-order valence-electron chi connectivity index (χ2n) is 4.08.